The molecule has 0 N–H and O–H groups in total. The molecule has 1 saturated heterocycles. The van der Waals surface area contributed by atoms with Crippen LogP contribution in [0.5, 0.6) is 0 Å². The van der Waals surface area contributed by atoms with Gasteiger partial charge in [0.15, 0.2) is 0 Å². The summed E-state index contributed by atoms with van der Waals surface area (Å²) in [5.74, 6) is 0.812. The van der Waals surface area contributed by atoms with Gasteiger partial charge in [0.1, 0.15) is 0 Å². The van der Waals surface area contributed by atoms with Crippen LogP contribution in [0.3, 0.4) is 0 Å². The Kier molecular flexibility index (Phi) is 8.13. The molecule has 0 aromatic heterocycles. The van der Waals surface area contributed by atoms with Crippen LogP contribution in [0.1, 0.15) is 25.7 Å². The molecule has 1 rings (SSSR count). The van der Waals surface area contributed by atoms with Gasteiger partial charge in [0.25, 0.3) is 0 Å². The molecular weight excluding hydrogens is 223 g/mol. The van der Waals surface area contributed by atoms with Crippen molar-refractivity contribution in [3.05, 3.63) is 19.9 Å². The predicted octanol–water partition coefficient (Wildman–Crippen LogP) is 2.31. The Labute approximate surface area is 102 Å². The summed E-state index contributed by atoms with van der Waals surface area (Å²) >= 11 is 0. The topological polar surface area (TPSA) is 3.24 Å². The Morgan fingerprint density at radius 3 is 2.92 bits per heavy atom. The Balaban J connectivity index is 0.00000121. The second kappa shape index (κ2) is 7.47. The second-order valence-corrected chi connectivity index (χ2v) is 3.35. The smallest absolute Gasteiger partial charge is 0.459 e. The normalized spacial score (nSPS) is 24.0. The van der Waals surface area contributed by atoms with Gasteiger partial charge in [-0.1, -0.05) is 6.42 Å². The number of hydrogen-bond donors (Lipinski definition) is 0. The van der Waals surface area contributed by atoms with E-state index in [1.165, 1.54) is 25.8 Å². The standard InChI is InChI=1S/C10H18N.Y/c1-3-4-5-6-10-7-8-11(2)9-10;/h5,9-10H,1,3-4,6-8H2,2H3;/q-3;+3. The molecule has 0 aromatic rings. The quantitative estimate of drug-likeness (QED) is 0.539. The van der Waals surface area contributed by atoms with Gasteiger partial charge < -0.3 is 18.2 Å². The van der Waals surface area contributed by atoms with E-state index in [0.717, 1.165) is 12.3 Å². The minimum atomic E-state index is 0. The Morgan fingerprint density at radius 1 is 1.67 bits per heavy atom. The molecule has 12 heavy (non-hydrogen) atoms. The van der Waals surface area contributed by atoms with Crippen molar-refractivity contribution in [2.75, 3.05) is 13.6 Å². The number of rotatable bonds is 4. The molecule has 66 valence electrons. The van der Waals surface area contributed by atoms with Gasteiger partial charge in [-0.15, -0.1) is 0 Å². The SMILES string of the molecule is [CH2-]CC[CH-]CC1[CH-]N(C)CC1.[Y+3]. The van der Waals surface area contributed by atoms with E-state index >= 15 is 0 Å². The third kappa shape index (κ3) is 4.94. The van der Waals surface area contributed by atoms with Crippen LogP contribution >= 0.6 is 0 Å². The zero-order chi connectivity index (χ0) is 8.10. The summed E-state index contributed by atoms with van der Waals surface area (Å²) in [4.78, 5) is 2.29. The van der Waals surface area contributed by atoms with Crippen LogP contribution in [0.4, 0.5) is 0 Å². The van der Waals surface area contributed by atoms with Gasteiger partial charge in [0, 0.05) is 0 Å². The number of likely N-dealkylation sites (tertiary alicyclic amines) is 1. The van der Waals surface area contributed by atoms with Gasteiger partial charge >= 0.3 is 32.7 Å². The van der Waals surface area contributed by atoms with Gasteiger partial charge in [-0.3, -0.25) is 6.54 Å². The molecule has 1 unspecified atom stereocenters. The first-order valence-corrected chi connectivity index (χ1v) is 4.49. The maximum Gasteiger partial charge on any atom is 3.00 e. The van der Waals surface area contributed by atoms with E-state index in [1.54, 1.807) is 0 Å². The molecule has 0 aromatic carbocycles. The average Bonchev–Trinajstić information content (AvgIpc) is 2.37. The predicted molar refractivity (Wildman–Crippen MR) is 48.5 cm³/mol. The van der Waals surface area contributed by atoms with Gasteiger partial charge in [0.05, 0.1) is 0 Å². The van der Waals surface area contributed by atoms with Crippen LogP contribution < -0.4 is 0 Å². The molecule has 0 spiro atoms. The van der Waals surface area contributed by atoms with Gasteiger partial charge in [-0.05, 0) is 13.6 Å². The minimum absolute atomic E-state index is 0. The zero-order valence-electron chi connectivity index (χ0n) is 8.00. The zero-order valence-corrected chi connectivity index (χ0v) is 10.8. The number of unbranched alkanes of at least 4 members (excludes halogenated alkanes) is 2. The molecule has 0 amide bonds. The van der Waals surface area contributed by atoms with Crippen LogP contribution in [0, 0.1) is 25.8 Å². The van der Waals surface area contributed by atoms with Gasteiger partial charge in [-0.25, -0.2) is 19.3 Å². The van der Waals surface area contributed by atoms with Crippen molar-refractivity contribution in [1.29, 1.82) is 0 Å². The van der Waals surface area contributed by atoms with Crippen LogP contribution in [-0.2, 0) is 32.7 Å². The third-order valence-corrected chi connectivity index (χ3v) is 2.20. The summed E-state index contributed by atoms with van der Waals surface area (Å²) in [5, 5.41) is 0. The summed E-state index contributed by atoms with van der Waals surface area (Å²) in [6.45, 7) is 7.40. The number of hydrogen-bond acceptors (Lipinski definition) is 1. The van der Waals surface area contributed by atoms with Crippen molar-refractivity contribution in [1.82, 2.24) is 4.90 Å². The maximum absolute atomic E-state index is 3.81. The van der Waals surface area contributed by atoms with Crippen molar-refractivity contribution in [3.8, 4) is 0 Å². The van der Waals surface area contributed by atoms with E-state index in [-0.39, 0.29) is 32.7 Å². The van der Waals surface area contributed by atoms with Gasteiger partial charge in [-0.2, -0.15) is 5.92 Å². The Bertz CT molecular complexity index is 106. The third-order valence-electron chi connectivity index (χ3n) is 2.20. The minimum Gasteiger partial charge on any atom is -0.459 e. The molecule has 1 aliphatic heterocycles. The van der Waals surface area contributed by atoms with Crippen molar-refractivity contribution in [3.63, 3.8) is 0 Å². The van der Waals surface area contributed by atoms with Crippen molar-refractivity contribution >= 4 is 0 Å². The van der Waals surface area contributed by atoms with E-state index < -0.39 is 0 Å². The summed E-state index contributed by atoms with van der Waals surface area (Å²) < 4.78 is 0. The molecular formula is C10H18NY. The fourth-order valence-corrected chi connectivity index (χ4v) is 1.53. The molecule has 2 heteroatoms. The summed E-state index contributed by atoms with van der Waals surface area (Å²) in [7, 11) is 2.15. The molecule has 0 radical (unpaired) electrons. The van der Waals surface area contributed by atoms with E-state index in [2.05, 4.69) is 31.8 Å². The van der Waals surface area contributed by atoms with Crippen LogP contribution in [0.25, 0.3) is 0 Å². The Morgan fingerprint density at radius 2 is 2.42 bits per heavy atom. The first kappa shape index (κ1) is 13.1. The molecule has 1 atom stereocenters. The maximum atomic E-state index is 3.81. The van der Waals surface area contributed by atoms with Crippen molar-refractivity contribution < 1.29 is 32.7 Å². The monoisotopic (exact) mass is 241 g/mol. The molecule has 1 aliphatic rings. The molecule has 0 bridgehead atoms. The average molecular weight is 241 g/mol. The van der Waals surface area contributed by atoms with Crippen LogP contribution in [0.15, 0.2) is 0 Å². The number of nitrogens with zero attached hydrogens (tertiary/aromatic N) is 1. The Hall–Kier alpha value is 1.06. The summed E-state index contributed by atoms with van der Waals surface area (Å²) in [6, 6.07) is 0. The second-order valence-electron chi connectivity index (χ2n) is 3.35. The van der Waals surface area contributed by atoms with Crippen molar-refractivity contribution in [2.45, 2.75) is 25.7 Å². The van der Waals surface area contributed by atoms with Crippen LogP contribution in [-0.4, -0.2) is 18.5 Å². The molecule has 0 saturated carbocycles. The van der Waals surface area contributed by atoms with E-state index in [1.807, 2.05) is 0 Å². The molecule has 1 nitrogen and oxygen atoms in total. The van der Waals surface area contributed by atoms with Crippen LogP contribution in [0.2, 0.25) is 0 Å². The molecule has 0 aliphatic carbocycles. The first-order valence-electron chi connectivity index (χ1n) is 4.49. The van der Waals surface area contributed by atoms with E-state index in [9.17, 15) is 0 Å². The fraction of sp³-hybridized carbons (Fsp3) is 0.700. The van der Waals surface area contributed by atoms with Crippen molar-refractivity contribution in [2.24, 2.45) is 5.92 Å². The summed E-state index contributed by atoms with van der Waals surface area (Å²) in [5.41, 5.74) is 0. The summed E-state index contributed by atoms with van der Waals surface area (Å²) in [6.07, 6.45) is 7.17. The van der Waals surface area contributed by atoms with Gasteiger partial charge in [0.2, 0.25) is 0 Å². The molecule has 1 heterocycles. The molecule has 1 fully saturated rings. The van der Waals surface area contributed by atoms with E-state index in [0.29, 0.717) is 0 Å². The van der Waals surface area contributed by atoms with E-state index in [4.69, 9.17) is 0 Å². The first-order chi connectivity index (χ1) is 5.33. The largest absolute Gasteiger partial charge is 3.00 e. The fourth-order valence-electron chi connectivity index (χ4n) is 1.53.